The highest BCUT2D eigenvalue weighted by molar-refractivity contribution is 5.68. The number of nitrogens with one attached hydrogen (secondary N) is 1. The van der Waals surface area contributed by atoms with Gasteiger partial charge in [-0.1, -0.05) is 13.8 Å². The summed E-state index contributed by atoms with van der Waals surface area (Å²) in [6.07, 6.45) is 1.97. The first kappa shape index (κ1) is 13.5. The highest BCUT2D eigenvalue weighted by atomic mass is 16.3. The fraction of sp³-hybridized carbons (Fsp3) is 0.583. The van der Waals surface area contributed by atoms with Gasteiger partial charge in [-0.05, 0) is 11.8 Å². The van der Waals surface area contributed by atoms with Crippen LogP contribution in [0.2, 0.25) is 0 Å². The van der Waals surface area contributed by atoms with Crippen LogP contribution in [0.15, 0.2) is 15.9 Å². The second-order valence-corrected chi connectivity index (χ2v) is 5.47. The molecule has 0 aliphatic carbocycles. The van der Waals surface area contributed by atoms with E-state index in [0.29, 0.717) is 24.1 Å². The maximum Gasteiger partial charge on any atom is 0.332 e. The lowest BCUT2D eigenvalue weighted by molar-refractivity contribution is 0.191. The number of rotatable bonds is 4. The molecule has 0 radical (unpaired) electrons. The van der Waals surface area contributed by atoms with E-state index in [9.17, 15) is 9.59 Å². The van der Waals surface area contributed by atoms with Crippen molar-refractivity contribution in [1.82, 2.24) is 19.1 Å². The van der Waals surface area contributed by atoms with E-state index in [1.54, 1.807) is 0 Å². The van der Waals surface area contributed by atoms with Crippen molar-refractivity contribution in [3.63, 3.8) is 0 Å². The normalized spacial score (nSPS) is 12.2. The Morgan fingerprint density at radius 3 is 2.74 bits per heavy atom. The molecule has 2 heterocycles. The van der Waals surface area contributed by atoms with E-state index in [4.69, 9.17) is 5.11 Å². The number of imidazole rings is 1. The average Bonchev–Trinajstić information content (AvgIpc) is 2.81. The topological polar surface area (TPSA) is 92.9 Å². The molecule has 7 nitrogen and oxygen atoms in total. The molecule has 104 valence electrons. The lowest BCUT2D eigenvalue weighted by atomic mass is 9.89. The van der Waals surface area contributed by atoms with Gasteiger partial charge >= 0.3 is 5.69 Å². The zero-order valence-corrected chi connectivity index (χ0v) is 11.3. The number of fused-ring (bicyclic) bond motifs is 1. The molecular weight excluding hydrogens is 248 g/mol. The third kappa shape index (κ3) is 2.33. The van der Waals surface area contributed by atoms with Crippen molar-refractivity contribution in [3.05, 3.63) is 27.2 Å². The first-order valence-corrected chi connectivity index (χ1v) is 6.11. The highest BCUT2D eigenvalue weighted by Gasteiger charge is 2.22. The summed E-state index contributed by atoms with van der Waals surface area (Å²) in [7, 11) is 1.44. The number of hydrogen-bond donors (Lipinski definition) is 2. The number of nitrogens with zero attached hydrogens (tertiary/aromatic N) is 3. The van der Waals surface area contributed by atoms with Crippen molar-refractivity contribution in [1.29, 1.82) is 0 Å². The Morgan fingerprint density at radius 2 is 2.11 bits per heavy atom. The molecule has 0 aromatic carbocycles. The molecule has 0 amide bonds. The molecule has 7 heteroatoms. The molecule has 0 aliphatic rings. The zero-order chi connectivity index (χ0) is 14.2. The third-order valence-electron chi connectivity index (χ3n) is 3.29. The molecule has 2 aromatic rings. The van der Waals surface area contributed by atoms with Crippen LogP contribution in [-0.2, 0) is 13.6 Å². The summed E-state index contributed by atoms with van der Waals surface area (Å²) in [5.74, 6) is 0. The van der Waals surface area contributed by atoms with Crippen LogP contribution in [0, 0.1) is 5.41 Å². The van der Waals surface area contributed by atoms with Crippen LogP contribution < -0.4 is 11.2 Å². The van der Waals surface area contributed by atoms with E-state index in [1.165, 1.54) is 17.9 Å². The van der Waals surface area contributed by atoms with Crippen molar-refractivity contribution in [2.45, 2.75) is 26.8 Å². The average molecular weight is 266 g/mol. The summed E-state index contributed by atoms with van der Waals surface area (Å²) in [5.41, 5.74) is -0.354. The Labute approximate surface area is 109 Å². The lowest BCUT2D eigenvalue weighted by Gasteiger charge is -2.24. The standard InChI is InChI=1S/C12H18N4O3/c1-12(2,4-5-17)6-16-9-8(13-7-14-9)10(18)15(3)11(16)19/h7,17H,4-6H2,1-3H3,(H,13,14). The molecule has 0 saturated heterocycles. The van der Waals surface area contributed by atoms with Gasteiger partial charge in [-0.15, -0.1) is 0 Å². The van der Waals surface area contributed by atoms with Gasteiger partial charge in [0.2, 0.25) is 0 Å². The van der Waals surface area contributed by atoms with Gasteiger partial charge in [0.15, 0.2) is 5.65 Å². The second-order valence-electron chi connectivity index (χ2n) is 5.47. The van der Waals surface area contributed by atoms with E-state index in [0.717, 1.165) is 4.57 Å². The summed E-state index contributed by atoms with van der Waals surface area (Å²) in [5, 5.41) is 9.06. The number of aliphatic hydroxyl groups excluding tert-OH is 1. The van der Waals surface area contributed by atoms with Crippen LogP contribution >= 0.6 is 0 Å². The zero-order valence-electron chi connectivity index (χ0n) is 11.3. The van der Waals surface area contributed by atoms with E-state index in [2.05, 4.69) is 9.97 Å². The minimum Gasteiger partial charge on any atom is -0.396 e. The van der Waals surface area contributed by atoms with Crippen LogP contribution in [0.1, 0.15) is 20.3 Å². The Kier molecular flexibility index (Phi) is 3.32. The number of hydrogen-bond acceptors (Lipinski definition) is 4. The number of H-pyrrole nitrogens is 1. The van der Waals surface area contributed by atoms with E-state index in [-0.39, 0.29) is 17.6 Å². The van der Waals surface area contributed by atoms with Crippen molar-refractivity contribution < 1.29 is 5.11 Å². The van der Waals surface area contributed by atoms with Crippen molar-refractivity contribution in [2.24, 2.45) is 12.5 Å². The quantitative estimate of drug-likeness (QED) is 0.803. The fourth-order valence-electron chi connectivity index (χ4n) is 2.13. The van der Waals surface area contributed by atoms with Crippen LogP contribution in [0.4, 0.5) is 0 Å². The maximum absolute atomic E-state index is 12.2. The minimum atomic E-state index is -0.393. The van der Waals surface area contributed by atoms with Crippen LogP contribution in [0.3, 0.4) is 0 Å². The third-order valence-corrected chi connectivity index (χ3v) is 3.29. The Balaban J connectivity index is 2.64. The smallest absolute Gasteiger partial charge is 0.332 e. The Morgan fingerprint density at radius 1 is 1.42 bits per heavy atom. The summed E-state index contributed by atoms with van der Waals surface area (Å²) in [6, 6.07) is 0. The Bertz CT molecular complexity index is 708. The van der Waals surface area contributed by atoms with E-state index >= 15 is 0 Å². The van der Waals surface area contributed by atoms with Gasteiger partial charge in [-0.2, -0.15) is 0 Å². The van der Waals surface area contributed by atoms with Gasteiger partial charge < -0.3 is 10.1 Å². The van der Waals surface area contributed by atoms with Gasteiger partial charge in [0.25, 0.3) is 5.56 Å². The van der Waals surface area contributed by atoms with Crippen LogP contribution in [0.25, 0.3) is 11.2 Å². The van der Waals surface area contributed by atoms with E-state index in [1.807, 2.05) is 13.8 Å². The van der Waals surface area contributed by atoms with Crippen molar-refractivity contribution in [2.75, 3.05) is 6.61 Å². The van der Waals surface area contributed by atoms with Gasteiger partial charge in [0.05, 0.1) is 6.33 Å². The van der Waals surface area contributed by atoms with Gasteiger partial charge in [0.1, 0.15) is 5.52 Å². The number of aromatic amines is 1. The molecule has 0 spiro atoms. The molecule has 2 rings (SSSR count). The van der Waals surface area contributed by atoms with Gasteiger partial charge in [-0.3, -0.25) is 13.9 Å². The SMILES string of the molecule is Cn1c(=O)c2[nH]cnc2n(CC(C)(C)CCO)c1=O. The summed E-state index contributed by atoms with van der Waals surface area (Å²) in [4.78, 5) is 30.9. The maximum atomic E-state index is 12.2. The Hall–Kier alpha value is -1.89. The molecule has 0 bridgehead atoms. The number of aromatic nitrogens is 4. The predicted molar refractivity (Wildman–Crippen MR) is 71.1 cm³/mol. The van der Waals surface area contributed by atoms with Crippen LogP contribution in [0.5, 0.6) is 0 Å². The van der Waals surface area contributed by atoms with E-state index < -0.39 is 5.69 Å². The summed E-state index contributed by atoms with van der Waals surface area (Å²) < 4.78 is 2.54. The first-order chi connectivity index (χ1) is 8.87. The molecule has 0 aliphatic heterocycles. The highest BCUT2D eigenvalue weighted by Crippen LogP contribution is 2.22. The van der Waals surface area contributed by atoms with Crippen molar-refractivity contribution in [3.8, 4) is 0 Å². The van der Waals surface area contributed by atoms with Crippen LogP contribution in [-0.4, -0.2) is 30.8 Å². The summed E-state index contributed by atoms with van der Waals surface area (Å²) >= 11 is 0. The largest absolute Gasteiger partial charge is 0.396 e. The van der Waals surface area contributed by atoms with Gasteiger partial charge in [0, 0.05) is 20.2 Å². The molecule has 0 saturated carbocycles. The monoisotopic (exact) mass is 266 g/mol. The van der Waals surface area contributed by atoms with Gasteiger partial charge in [-0.25, -0.2) is 9.78 Å². The predicted octanol–water partition coefficient (Wildman–Crippen LogP) is -0.168. The minimum absolute atomic E-state index is 0.0528. The molecule has 2 N–H and O–H groups in total. The molecule has 2 aromatic heterocycles. The molecule has 19 heavy (non-hydrogen) atoms. The lowest BCUT2D eigenvalue weighted by Crippen LogP contribution is -2.40. The fourth-order valence-corrected chi connectivity index (χ4v) is 2.13. The van der Waals surface area contributed by atoms with Crippen molar-refractivity contribution >= 4 is 11.2 Å². The molecule has 0 fully saturated rings. The first-order valence-electron chi connectivity index (χ1n) is 6.11. The molecule has 0 unspecified atom stereocenters. The number of aliphatic hydroxyl groups is 1. The molecule has 0 atom stereocenters. The molecular formula is C12H18N4O3. The summed E-state index contributed by atoms with van der Waals surface area (Å²) in [6.45, 7) is 4.36. The second kappa shape index (κ2) is 4.65.